The molecular formula is C14H32IN3O. The first kappa shape index (κ1) is 21.3. The Labute approximate surface area is 136 Å². The van der Waals surface area contributed by atoms with Crippen LogP contribution < -0.4 is 10.6 Å². The number of rotatable bonds is 8. The number of hydrogen-bond donors (Lipinski definition) is 2. The average molecular weight is 385 g/mol. The molecule has 0 saturated heterocycles. The van der Waals surface area contributed by atoms with E-state index in [2.05, 4.69) is 43.3 Å². The third kappa shape index (κ3) is 15.9. The zero-order chi connectivity index (χ0) is 13.9. The van der Waals surface area contributed by atoms with E-state index in [9.17, 15) is 0 Å². The maximum absolute atomic E-state index is 5.29. The third-order valence-electron chi connectivity index (χ3n) is 2.44. The highest BCUT2D eigenvalue weighted by Gasteiger charge is 2.08. The highest BCUT2D eigenvalue weighted by atomic mass is 127. The molecule has 0 rings (SSSR count). The van der Waals surface area contributed by atoms with Gasteiger partial charge < -0.3 is 15.4 Å². The standard InChI is InChI=1S/C14H31N3O.HI/c1-6-15-13(17-11-12-18-7-2)16-10-8-9-14(3,4)5;/h6-12H2,1-5H3,(H2,15,16,17);1H. The van der Waals surface area contributed by atoms with Crippen molar-refractivity contribution in [1.29, 1.82) is 0 Å². The van der Waals surface area contributed by atoms with Crippen molar-refractivity contribution < 1.29 is 4.74 Å². The number of halogens is 1. The van der Waals surface area contributed by atoms with Crippen LogP contribution in [0.15, 0.2) is 4.99 Å². The molecule has 4 nitrogen and oxygen atoms in total. The van der Waals surface area contributed by atoms with Crippen molar-refractivity contribution >= 4 is 29.9 Å². The van der Waals surface area contributed by atoms with E-state index in [1.54, 1.807) is 0 Å². The van der Waals surface area contributed by atoms with Gasteiger partial charge in [-0.1, -0.05) is 20.8 Å². The Morgan fingerprint density at radius 2 is 1.84 bits per heavy atom. The first-order valence-corrected chi connectivity index (χ1v) is 7.09. The summed E-state index contributed by atoms with van der Waals surface area (Å²) < 4.78 is 5.29. The number of nitrogens with zero attached hydrogens (tertiary/aromatic N) is 1. The van der Waals surface area contributed by atoms with Crippen LogP contribution in [-0.4, -0.2) is 38.8 Å². The van der Waals surface area contributed by atoms with Crippen molar-refractivity contribution in [2.24, 2.45) is 10.4 Å². The SMILES string of the molecule is CCNC(=NCCCC(C)(C)C)NCCOCC.I. The molecular weight excluding hydrogens is 353 g/mol. The molecule has 5 heteroatoms. The molecule has 0 aromatic rings. The van der Waals surface area contributed by atoms with Crippen LogP contribution in [0.2, 0.25) is 0 Å². The van der Waals surface area contributed by atoms with E-state index in [1.165, 1.54) is 6.42 Å². The van der Waals surface area contributed by atoms with Gasteiger partial charge in [-0.15, -0.1) is 24.0 Å². The Morgan fingerprint density at radius 3 is 2.37 bits per heavy atom. The summed E-state index contributed by atoms with van der Waals surface area (Å²) in [6.07, 6.45) is 2.33. The Balaban J connectivity index is 0. The van der Waals surface area contributed by atoms with Gasteiger partial charge in [0, 0.05) is 26.2 Å². The zero-order valence-electron chi connectivity index (χ0n) is 13.2. The minimum atomic E-state index is 0. The Morgan fingerprint density at radius 1 is 1.16 bits per heavy atom. The summed E-state index contributed by atoms with van der Waals surface area (Å²) in [4.78, 5) is 4.55. The lowest BCUT2D eigenvalue weighted by Gasteiger charge is -2.17. The van der Waals surface area contributed by atoms with E-state index in [-0.39, 0.29) is 24.0 Å². The van der Waals surface area contributed by atoms with E-state index in [1.807, 2.05) is 6.92 Å². The molecule has 0 heterocycles. The third-order valence-corrected chi connectivity index (χ3v) is 2.44. The summed E-state index contributed by atoms with van der Waals surface area (Å²) in [5, 5.41) is 6.51. The molecule has 0 aliphatic rings. The average Bonchev–Trinajstić information content (AvgIpc) is 2.28. The summed E-state index contributed by atoms with van der Waals surface area (Å²) in [6.45, 7) is 14.9. The fourth-order valence-corrected chi connectivity index (χ4v) is 1.53. The lowest BCUT2D eigenvalue weighted by Crippen LogP contribution is -2.39. The first-order chi connectivity index (χ1) is 8.49. The van der Waals surface area contributed by atoms with Gasteiger partial charge >= 0.3 is 0 Å². The smallest absolute Gasteiger partial charge is 0.191 e. The molecule has 0 aliphatic heterocycles. The molecule has 19 heavy (non-hydrogen) atoms. The fraction of sp³-hybridized carbons (Fsp3) is 0.929. The van der Waals surface area contributed by atoms with Gasteiger partial charge in [0.25, 0.3) is 0 Å². The fourth-order valence-electron chi connectivity index (χ4n) is 1.53. The summed E-state index contributed by atoms with van der Waals surface area (Å²) in [6, 6.07) is 0. The predicted molar refractivity (Wildman–Crippen MR) is 94.6 cm³/mol. The van der Waals surface area contributed by atoms with Crippen LogP contribution in [0.3, 0.4) is 0 Å². The summed E-state index contributed by atoms with van der Waals surface area (Å²) in [5.74, 6) is 0.895. The summed E-state index contributed by atoms with van der Waals surface area (Å²) in [5.41, 5.74) is 0.399. The number of guanidine groups is 1. The highest BCUT2D eigenvalue weighted by Crippen LogP contribution is 2.20. The minimum Gasteiger partial charge on any atom is -0.380 e. The second-order valence-electron chi connectivity index (χ2n) is 5.55. The second kappa shape index (κ2) is 13.0. The Hall–Kier alpha value is -0.0400. The van der Waals surface area contributed by atoms with Crippen molar-refractivity contribution in [3.63, 3.8) is 0 Å². The molecule has 116 valence electrons. The van der Waals surface area contributed by atoms with Crippen LogP contribution >= 0.6 is 24.0 Å². The number of aliphatic imine (C=N–C) groups is 1. The molecule has 0 radical (unpaired) electrons. The van der Waals surface area contributed by atoms with Crippen LogP contribution in [0.4, 0.5) is 0 Å². The van der Waals surface area contributed by atoms with Gasteiger partial charge in [-0.2, -0.15) is 0 Å². The van der Waals surface area contributed by atoms with Crippen LogP contribution in [-0.2, 0) is 4.74 Å². The molecule has 0 saturated carbocycles. The number of hydrogen-bond acceptors (Lipinski definition) is 2. The van der Waals surface area contributed by atoms with Gasteiger partial charge in [0.1, 0.15) is 0 Å². The molecule has 0 aliphatic carbocycles. The van der Waals surface area contributed by atoms with Crippen molar-refractivity contribution in [3.05, 3.63) is 0 Å². The Bertz CT molecular complexity index is 227. The molecule has 0 bridgehead atoms. The monoisotopic (exact) mass is 385 g/mol. The van der Waals surface area contributed by atoms with E-state index in [4.69, 9.17) is 4.74 Å². The van der Waals surface area contributed by atoms with Crippen LogP contribution in [0.5, 0.6) is 0 Å². The van der Waals surface area contributed by atoms with Crippen molar-refractivity contribution in [1.82, 2.24) is 10.6 Å². The summed E-state index contributed by atoms with van der Waals surface area (Å²) in [7, 11) is 0. The van der Waals surface area contributed by atoms with Crippen molar-refractivity contribution in [2.75, 3.05) is 32.8 Å². The lowest BCUT2D eigenvalue weighted by molar-refractivity contribution is 0.152. The van der Waals surface area contributed by atoms with E-state index >= 15 is 0 Å². The highest BCUT2D eigenvalue weighted by molar-refractivity contribution is 14.0. The minimum absolute atomic E-state index is 0. The molecule has 0 spiro atoms. The van der Waals surface area contributed by atoms with E-state index < -0.39 is 0 Å². The first-order valence-electron chi connectivity index (χ1n) is 7.09. The molecule has 0 aromatic carbocycles. The van der Waals surface area contributed by atoms with Crippen molar-refractivity contribution in [2.45, 2.75) is 47.5 Å². The molecule has 0 aromatic heterocycles. The van der Waals surface area contributed by atoms with Crippen LogP contribution in [0, 0.1) is 5.41 Å². The van der Waals surface area contributed by atoms with Gasteiger partial charge in [-0.3, -0.25) is 4.99 Å². The normalized spacial score (nSPS) is 11.9. The number of nitrogens with one attached hydrogen (secondary N) is 2. The molecule has 0 amide bonds. The largest absolute Gasteiger partial charge is 0.380 e. The lowest BCUT2D eigenvalue weighted by atomic mass is 9.91. The second-order valence-corrected chi connectivity index (χ2v) is 5.55. The summed E-state index contributed by atoms with van der Waals surface area (Å²) >= 11 is 0. The van der Waals surface area contributed by atoms with Gasteiger partial charge in [0.05, 0.1) is 6.61 Å². The van der Waals surface area contributed by atoms with Gasteiger partial charge in [-0.25, -0.2) is 0 Å². The van der Waals surface area contributed by atoms with Gasteiger partial charge in [-0.05, 0) is 32.1 Å². The van der Waals surface area contributed by atoms with Gasteiger partial charge in [0.15, 0.2) is 5.96 Å². The molecule has 0 atom stereocenters. The topological polar surface area (TPSA) is 45.7 Å². The number of ether oxygens (including phenoxy) is 1. The maximum atomic E-state index is 5.29. The van der Waals surface area contributed by atoms with E-state index in [0.29, 0.717) is 5.41 Å². The molecule has 0 unspecified atom stereocenters. The Kier molecular flexibility index (Phi) is 14.5. The van der Waals surface area contributed by atoms with Crippen LogP contribution in [0.1, 0.15) is 47.5 Å². The van der Waals surface area contributed by atoms with Crippen LogP contribution in [0.25, 0.3) is 0 Å². The molecule has 0 fully saturated rings. The van der Waals surface area contributed by atoms with Crippen molar-refractivity contribution in [3.8, 4) is 0 Å². The molecule has 2 N–H and O–H groups in total. The van der Waals surface area contributed by atoms with Gasteiger partial charge in [0.2, 0.25) is 0 Å². The van der Waals surface area contributed by atoms with E-state index in [0.717, 1.165) is 45.2 Å². The maximum Gasteiger partial charge on any atom is 0.191 e. The quantitative estimate of drug-likeness (QED) is 0.292. The predicted octanol–water partition coefficient (Wildman–Crippen LogP) is 3.02. The zero-order valence-corrected chi connectivity index (χ0v) is 15.5.